The first-order valence-electron chi connectivity index (χ1n) is 4.52. The van der Waals surface area contributed by atoms with Crippen LogP contribution in [0.2, 0.25) is 0 Å². The highest BCUT2D eigenvalue weighted by Crippen LogP contribution is 2.20. The normalized spacial score (nSPS) is 18.2. The number of likely N-dealkylation sites (N-methyl/N-ethyl adjacent to an activating group) is 1. The van der Waals surface area contributed by atoms with E-state index >= 15 is 0 Å². The van der Waals surface area contributed by atoms with Crippen LogP contribution in [-0.2, 0) is 9.53 Å². The molecule has 12 heavy (non-hydrogen) atoms. The molecule has 1 amide bonds. The van der Waals surface area contributed by atoms with E-state index in [1.807, 2.05) is 0 Å². The van der Waals surface area contributed by atoms with Gasteiger partial charge in [0.25, 0.3) is 0 Å². The molecule has 0 aliphatic heterocycles. The molecule has 0 heterocycles. The van der Waals surface area contributed by atoms with Gasteiger partial charge in [0.1, 0.15) is 6.61 Å². The highest BCUT2D eigenvalue weighted by molar-refractivity contribution is 5.76. The van der Waals surface area contributed by atoms with Gasteiger partial charge in [0.2, 0.25) is 5.91 Å². The Morgan fingerprint density at radius 2 is 2.00 bits per heavy atom. The van der Waals surface area contributed by atoms with Crippen LogP contribution >= 0.6 is 0 Å². The third-order valence-electron chi connectivity index (χ3n) is 2.24. The predicted molar refractivity (Wildman–Crippen MR) is 46.9 cm³/mol. The predicted octanol–water partition coefficient (Wildman–Crippen LogP) is 1.03. The zero-order valence-corrected chi connectivity index (χ0v) is 7.88. The lowest BCUT2D eigenvalue weighted by atomic mass is 10.3. The van der Waals surface area contributed by atoms with E-state index in [0.29, 0.717) is 6.10 Å². The molecular formula is C9H17NO2. The monoisotopic (exact) mass is 171 g/mol. The van der Waals surface area contributed by atoms with E-state index in [9.17, 15) is 4.79 Å². The molecule has 0 unspecified atom stereocenters. The number of carbonyl (C=O) groups excluding carboxylic acids is 1. The third kappa shape index (κ3) is 2.81. The fraction of sp³-hybridized carbons (Fsp3) is 0.889. The van der Waals surface area contributed by atoms with Crippen molar-refractivity contribution < 1.29 is 9.53 Å². The molecule has 3 heteroatoms. The van der Waals surface area contributed by atoms with E-state index in [-0.39, 0.29) is 12.5 Å². The molecule has 0 aromatic rings. The quantitative estimate of drug-likeness (QED) is 0.635. The summed E-state index contributed by atoms with van der Waals surface area (Å²) in [5.74, 6) is 0.0573. The standard InChI is InChI=1S/C9H17NO2/c1-10(2)9(11)7-12-8-5-3-4-6-8/h8H,3-7H2,1-2H3. The van der Waals surface area contributed by atoms with E-state index in [1.54, 1.807) is 19.0 Å². The molecule has 70 valence electrons. The Hall–Kier alpha value is -0.570. The Morgan fingerprint density at radius 1 is 1.42 bits per heavy atom. The van der Waals surface area contributed by atoms with E-state index < -0.39 is 0 Å². The van der Waals surface area contributed by atoms with E-state index in [0.717, 1.165) is 12.8 Å². The van der Waals surface area contributed by atoms with Crippen LogP contribution in [0, 0.1) is 0 Å². The molecule has 0 aromatic carbocycles. The Labute approximate surface area is 73.7 Å². The molecule has 1 aliphatic rings. The van der Waals surface area contributed by atoms with Gasteiger partial charge in [-0.05, 0) is 12.8 Å². The Morgan fingerprint density at radius 3 is 2.50 bits per heavy atom. The van der Waals surface area contributed by atoms with Gasteiger partial charge in [-0.1, -0.05) is 12.8 Å². The zero-order valence-electron chi connectivity index (χ0n) is 7.88. The molecule has 0 spiro atoms. The van der Waals surface area contributed by atoms with Crippen molar-refractivity contribution in [2.24, 2.45) is 0 Å². The molecule has 1 saturated carbocycles. The van der Waals surface area contributed by atoms with Crippen molar-refractivity contribution in [3.63, 3.8) is 0 Å². The number of nitrogens with zero attached hydrogens (tertiary/aromatic N) is 1. The summed E-state index contributed by atoms with van der Waals surface area (Å²) in [6.45, 7) is 0.248. The van der Waals surface area contributed by atoms with E-state index in [1.165, 1.54) is 12.8 Å². The van der Waals surface area contributed by atoms with Gasteiger partial charge in [0.05, 0.1) is 6.10 Å². The SMILES string of the molecule is CN(C)C(=O)COC1CCCC1. The van der Waals surface area contributed by atoms with Gasteiger partial charge >= 0.3 is 0 Å². The van der Waals surface area contributed by atoms with Crippen molar-refractivity contribution in [2.45, 2.75) is 31.8 Å². The minimum atomic E-state index is 0.0573. The number of carbonyl (C=O) groups is 1. The summed E-state index contributed by atoms with van der Waals surface area (Å²) in [5.41, 5.74) is 0. The number of hydrogen-bond acceptors (Lipinski definition) is 2. The second kappa shape index (κ2) is 4.45. The summed E-state index contributed by atoms with van der Waals surface area (Å²) in [7, 11) is 3.50. The van der Waals surface area contributed by atoms with Gasteiger partial charge in [0, 0.05) is 14.1 Å². The van der Waals surface area contributed by atoms with Crippen LogP contribution in [-0.4, -0.2) is 37.6 Å². The van der Waals surface area contributed by atoms with Crippen LogP contribution in [0.3, 0.4) is 0 Å². The second-order valence-electron chi connectivity index (χ2n) is 3.51. The molecule has 0 aromatic heterocycles. The molecule has 0 saturated heterocycles. The molecule has 3 nitrogen and oxygen atoms in total. The van der Waals surface area contributed by atoms with E-state index in [4.69, 9.17) is 4.74 Å². The van der Waals surface area contributed by atoms with Crippen molar-refractivity contribution in [3.05, 3.63) is 0 Å². The average Bonchev–Trinajstić information content (AvgIpc) is 2.51. The van der Waals surface area contributed by atoms with Gasteiger partial charge in [-0.15, -0.1) is 0 Å². The first-order valence-corrected chi connectivity index (χ1v) is 4.52. The van der Waals surface area contributed by atoms with Crippen LogP contribution < -0.4 is 0 Å². The van der Waals surface area contributed by atoms with Crippen molar-refractivity contribution in [1.29, 1.82) is 0 Å². The van der Waals surface area contributed by atoms with Crippen molar-refractivity contribution in [3.8, 4) is 0 Å². The zero-order chi connectivity index (χ0) is 8.97. The lowest BCUT2D eigenvalue weighted by Gasteiger charge is -2.13. The maximum atomic E-state index is 11.1. The smallest absolute Gasteiger partial charge is 0.248 e. The van der Waals surface area contributed by atoms with Gasteiger partial charge < -0.3 is 9.64 Å². The van der Waals surface area contributed by atoms with Gasteiger partial charge in [-0.3, -0.25) is 4.79 Å². The molecule has 1 aliphatic carbocycles. The highest BCUT2D eigenvalue weighted by Gasteiger charge is 2.16. The van der Waals surface area contributed by atoms with Crippen LogP contribution in [0.1, 0.15) is 25.7 Å². The van der Waals surface area contributed by atoms with Gasteiger partial charge in [0.15, 0.2) is 0 Å². The fourth-order valence-electron chi connectivity index (χ4n) is 1.37. The summed E-state index contributed by atoms with van der Waals surface area (Å²) >= 11 is 0. The molecule has 1 fully saturated rings. The summed E-state index contributed by atoms with van der Waals surface area (Å²) in [4.78, 5) is 12.7. The lowest BCUT2D eigenvalue weighted by Crippen LogP contribution is -2.28. The topological polar surface area (TPSA) is 29.5 Å². The minimum absolute atomic E-state index is 0.0573. The molecular weight excluding hydrogens is 154 g/mol. The summed E-state index contributed by atoms with van der Waals surface area (Å²) in [5, 5.41) is 0. The Bertz CT molecular complexity index is 151. The molecule has 1 rings (SSSR count). The summed E-state index contributed by atoms with van der Waals surface area (Å²) < 4.78 is 5.43. The molecule has 0 radical (unpaired) electrons. The van der Waals surface area contributed by atoms with Crippen LogP contribution in [0.25, 0.3) is 0 Å². The number of hydrogen-bond donors (Lipinski definition) is 0. The fourth-order valence-corrected chi connectivity index (χ4v) is 1.37. The maximum absolute atomic E-state index is 11.1. The van der Waals surface area contributed by atoms with Crippen LogP contribution in [0.15, 0.2) is 0 Å². The van der Waals surface area contributed by atoms with Crippen LogP contribution in [0.4, 0.5) is 0 Å². The second-order valence-corrected chi connectivity index (χ2v) is 3.51. The first-order chi connectivity index (χ1) is 5.70. The Balaban J connectivity index is 2.12. The number of amides is 1. The largest absolute Gasteiger partial charge is 0.368 e. The van der Waals surface area contributed by atoms with Gasteiger partial charge in [-0.25, -0.2) is 0 Å². The average molecular weight is 171 g/mol. The van der Waals surface area contributed by atoms with Gasteiger partial charge in [-0.2, -0.15) is 0 Å². The number of rotatable bonds is 3. The summed E-state index contributed by atoms with van der Waals surface area (Å²) in [6, 6.07) is 0. The van der Waals surface area contributed by atoms with Crippen molar-refractivity contribution in [1.82, 2.24) is 4.90 Å². The highest BCUT2D eigenvalue weighted by atomic mass is 16.5. The van der Waals surface area contributed by atoms with Crippen molar-refractivity contribution >= 4 is 5.91 Å². The van der Waals surface area contributed by atoms with Crippen LogP contribution in [0.5, 0.6) is 0 Å². The third-order valence-corrected chi connectivity index (χ3v) is 2.24. The first kappa shape index (κ1) is 9.52. The van der Waals surface area contributed by atoms with E-state index in [2.05, 4.69) is 0 Å². The maximum Gasteiger partial charge on any atom is 0.248 e. The molecule has 0 bridgehead atoms. The minimum Gasteiger partial charge on any atom is -0.368 e. The lowest BCUT2D eigenvalue weighted by molar-refractivity contribution is -0.135. The summed E-state index contributed by atoms with van der Waals surface area (Å²) in [6.07, 6.45) is 5.09. The Kier molecular flexibility index (Phi) is 3.53. The molecule has 0 atom stereocenters. The molecule has 0 N–H and O–H groups in total. The number of ether oxygens (including phenoxy) is 1. The van der Waals surface area contributed by atoms with Crippen molar-refractivity contribution in [2.75, 3.05) is 20.7 Å².